The molecule has 1 unspecified atom stereocenters. The third kappa shape index (κ3) is 2.99. The maximum absolute atomic E-state index is 11.9. The van der Waals surface area contributed by atoms with Gasteiger partial charge in [0.1, 0.15) is 17.9 Å². The number of ether oxygens (including phenoxy) is 1. The van der Waals surface area contributed by atoms with Crippen molar-refractivity contribution < 1.29 is 13.2 Å². The first-order valence-electron chi connectivity index (χ1n) is 8.34. The molecule has 1 heterocycles. The standard InChI is InChI=1S/C19H19N3O3S/c1-25-13-4-6-15-12(9-13)3-7-18(15)22-19-16-10-14(26(2,23)24)5-8-17(16)20-11-21-19/h4-6,8-11,18H,3,7H2,1-2H3,(H,20,21,22). The number of fused-ring (bicyclic) bond motifs is 2. The highest BCUT2D eigenvalue weighted by Gasteiger charge is 2.24. The van der Waals surface area contributed by atoms with Crippen molar-refractivity contribution in [1.29, 1.82) is 0 Å². The molecule has 0 fully saturated rings. The molecule has 4 rings (SSSR count). The number of methoxy groups -OCH3 is 1. The molecule has 134 valence electrons. The van der Waals surface area contributed by atoms with Crippen LogP contribution in [0.1, 0.15) is 23.6 Å². The second-order valence-corrected chi connectivity index (χ2v) is 8.49. The minimum absolute atomic E-state index is 0.121. The predicted molar refractivity (Wildman–Crippen MR) is 100 cm³/mol. The minimum atomic E-state index is -3.29. The first-order chi connectivity index (χ1) is 12.5. The first-order valence-corrected chi connectivity index (χ1v) is 10.2. The second kappa shape index (κ2) is 6.25. The van der Waals surface area contributed by atoms with Gasteiger partial charge < -0.3 is 10.1 Å². The molecule has 0 radical (unpaired) electrons. The van der Waals surface area contributed by atoms with Crippen LogP contribution in [0.3, 0.4) is 0 Å². The molecule has 0 spiro atoms. The Kier molecular flexibility index (Phi) is 4.03. The Morgan fingerprint density at radius 2 is 2.00 bits per heavy atom. The Morgan fingerprint density at radius 3 is 2.77 bits per heavy atom. The highest BCUT2D eigenvalue weighted by Crippen LogP contribution is 2.36. The molecule has 7 heteroatoms. The lowest BCUT2D eigenvalue weighted by Crippen LogP contribution is -2.09. The Hall–Kier alpha value is -2.67. The molecule has 0 amide bonds. The van der Waals surface area contributed by atoms with Crippen LogP contribution in [0.15, 0.2) is 47.6 Å². The number of aromatic nitrogens is 2. The highest BCUT2D eigenvalue weighted by molar-refractivity contribution is 7.90. The van der Waals surface area contributed by atoms with Gasteiger partial charge in [-0.2, -0.15) is 0 Å². The Balaban J connectivity index is 1.73. The van der Waals surface area contributed by atoms with E-state index in [1.807, 2.05) is 6.07 Å². The van der Waals surface area contributed by atoms with Gasteiger partial charge in [-0.05, 0) is 54.3 Å². The number of sulfone groups is 1. The zero-order valence-electron chi connectivity index (χ0n) is 14.6. The van der Waals surface area contributed by atoms with Crippen LogP contribution in [0.2, 0.25) is 0 Å². The van der Waals surface area contributed by atoms with Gasteiger partial charge in [0.25, 0.3) is 0 Å². The molecule has 1 atom stereocenters. The van der Waals surface area contributed by atoms with Gasteiger partial charge in [0, 0.05) is 11.6 Å². The summed E-state index contributed by atoms with van der Waals surface area (Å²) in [6.07, 6.45) is 4.60. The molecule has 26 heavy (non-hydrogen) atoms. The van der Waals surface area contributed by atoms with Crippen molar-refractivity contribution >= 4 is 26.6 Å². The van der Waals surface area contributed by atoms with Crippen molar-refractivity contribution in [3.05, 3.63) is 53.9 Å². The van der Waals surface area contributed by atoms with Gasteiger partial charge in [0.05, 0.1) is 23.6 Å². The number of anilines is 1. The quantitative estimate of drug-likeness (QED) is 0.761. The number of aryl methyl sites for hydroxylation is 1. The number of nitrogens with zero attached hydrogens (tertiary/aromatic N) is 2. The summed E-state index contributed by atoms with van der Waals surface area (Å²) in [4.78, 5) is 8.87. The molecule has 0 aliphatic heterocycles. The SMILES string of the molecule is COc1ccc2c(c1)CCC2Nc1ncnc2ccc(S(C)(=O)=O)cc12. The maximum atomic E-state index is 11.9. The zero-order valence-corrected chi connectivity index (χ0v) is 15.4. The van der Waals surface area contributed by atoms with Gasteiger partial charge in [-0.1, -0.05) is 6.07 Å². The fourth-order valence-electron chi connectivity index (χ4n) is 3.42. The van der Waals surface area contributed by atoms with E-state index < -0.39 is 9.84 Å². The molecule has 3 aromatic rings. The van der Waals surface area contributed by atoms with Crippen LogP contribution in [0.4, 0.5) is 5.82 Å². The molecule has 0 bridgehead atoms. The Morgan fingerprint density at radius 1 is 1.15 bits per heavy atom. The average Bonchev–Trinajstić information content (AvgIpc) is 3.03. The largest absolute Gasteiger partial charge is 0.497 e. The monoisotopic (exact) mass is 369 g/mol. The van der Waals surface area contributed by atoms with Crippen LogP contribution in [0, 0.1) is 0 Å². The summed E-state index contributed by atoms with van der Waals surface area (Å²) < 4.78 is 29.1. The van der Waals surface area contributed by atoms with E-state index in [0.717, 1.165) is 18.6 Å². The average molecular weight is 369 g/mol. The second-order valence-electron chi connectivity index (χ2n) is 6.47. The molecule has 1 N–H and O–H groups in total. The zero-order chi connectivity index (χ0) is 18.3. The summed E-state index contributed by atoms with van der Waals surface area (Å²) in [6, 6.07) is 11.1. The van der Waals surface area contributed by atoms with Crippen molar-refractivity contribution in [2.45, 2.75) is 23.8 Å². The third-order valence-corrected chi connectivity index (χ3v) is 5.88. The summed E-state index contributed by atoms with van der Waals surface area (Å²) in [5, 5.41) is 4.18. The summed E-state index contributed by atoms with van der Waals surface area (Å²) in [6.45, 7) is 0. The molecule has 6 nitrogen and oxygen atoms in total. The van der Waals surface area contributed by atoms with E-state index >= 15 is 0 Å². The third-order valence-electron chi connectivity index (χ3n) is 4.77. The molecule has 1 aromatic heterocycles. The topological polar surface area (TPSA) is 81.2 Å². The van der Waals surface area contributed by atoms with Crippen LogP contribution in [0.5, 0.6) is 5.75 Å². The van der Waals surface area contributed by atoms with Crippen molar-refractivity contribution in [1.82, 2.24) is 9.97 Å². The van der Waals surface area contributed by atoms with E-state index in [1.54, 1.807) is 25.3 Å². The van der Waals surface area contributed by atoms with E-state index in [9.17, 15) is 8.42 Å². The summed E-state index contributed by atoms with van der Waals surface area (Å²) in [5.41, 5.74) is 3.19. The van der Waals surface area contributed by atoms with Crippen molar-refractivity contribution in [2.75, 3.05) is 18.7 Å². The molecule has 1 aliphatic rings. The molecule has 1 aliphatic carbocycles. The van der Waals surface area contributed by atoms with E-state index in [0.29, 0.717) is 16.7 Å². The Labute approximate surface area is 152 Å². The van der Waals surface area contributed by atoms with E-state index in [2.05, 4.69) is 27.4 Å². The number of benzene rings is 2. The summed E-state index contributed by atoms with van der Waals surface area (Å²) >= 11 is 0. The van der Waals surface area contributed by atoms with Gasteiger partial charge in [-0.3, -0.25) is 0 Å². The smallest absolute Gasteiger partial charge is 0.175 e. The Bertz CT molecular complexity index is 1100. The lowest BCUT2D eigenvalue weighted by Gasteiger charge is -2.16. The first kappa shape index (κ1) is 16.8. The van der Waals surface area contributed by atoms with Gasteiger partial charge in [-0.15, -0.1) is 0 Å². The van der Waals surface area contributed by atoms with Crippen LogP contribution in [-0.2, 0) is 16.3 Å². The summed E-state index contributed by atoms with van der Waals surface area (Å²) in [7, 11) is -1.63. The van der Waals surface area contributed by atoms with E-state index in [1.165, 1.54) is 23.7 Å². The summed E-state index contributed by atoms with van der Waals surface area (Å²) in [5.74, 6) is 1.50. The van der Waals surface area contributed by atoms with Crippen molar-refractivity contribution in [3.8, 4) is 5.75 Å². The fourth-order valence-corrected chi connectivity index (χ4v) is 4.06. The van der Waals surface area contributed by atoms with E-state index in [-0.39, 0.29) is 10.9 Å². The molecular weight excluding hydrogens is 350 g/mol. The lowest BCUT2D eigenvalue weighted by atomic mass is 10.1. The highest BCUT2D eigenvalue weighted by atomic mass is 32.2. The lowest BCUT2D eigenvalue weighted by molar-refractivity contribution is 0.414. The maximum Gasteiger partial charge on any atom is 0.175 e. The van der Waals surface area contributed by atoms with Gasteiger partial charge in [0.15, 0.2) is 9.84 Å². The normalized spacial score (nSPS) is 16.5. The number of hydrogen-bond acceptors (Lipinski definition) is 6. The molecule has 0 saturated heterocycles. The number of nitrogens with one attached hydrogen (secondary N) is 1. The van der Waals surface area contributed by atoms with Crippen molar-refractivity contribution in [2.24, 2.45) is 0 Å². The van der Waals surface area contributed by atoms with Crippen LogP contribution >= 0.6 is 0 Å². The molecule has 2 aromatic carbocycles. The van der Waals surface area contributed by atoms with Gasteiger partial charge in [-0.25, -0.2) is 18.4 Å². The predicted octanol–water partition coefficient (Wildman–Crippen LogP) is 3.14. The van der Waals surface area contributed by atoms with Crippen molar-refractivity contribution in [3.63, 3.8) is 0 Å². The van der Waals surface area contributed by atoms with Crippen LogP contribution < -0.4 is 10.1 Å². The van der Waals surface area contributed by atoms with Crippen LogP contribution in [0.25, 0.3) is 10.9 Å². The van der Waals surface area contributed by atoms with Gasteiger partial charge in [0.2, 0.25) is 0 Å². The minimum Gasteiger partial charge on any atom is -0.497 e. The molecular formula is C19H19N3O3S. The fraction of sp³-hybridized carbons (Fsp3) is 0.263. The number of hydrogen-bond donors (Lipinski definition) is 1. The van der Waals surface area contributed by atoms with Gasteiger partial charge >= 0.3 is 0 Å². The van der Waals surface area contributed by atoms with Crippen LogP contribution in [-0.4, -0.2) is 31.8 Å². The number of rotatable bonds is 4. The van der Waals surface area contributed by atoms with E-state index in [4.69, 9.17) is 4.74 Å². The molecule has 0 saturated carbocycles.